The molecule has 7 heteroatoms. The predicted octanol–water partition coefficient (Wildman–Crippen LogP) is -0.453. The first-order chi connectivity index (χ1) is 11.1. The molecule has 0 aromatic rings. The lowest BCUT2D eigenvalue weighted by molar-refractivity contribution is -0.141. The first kappa shape index (κ1) is 14.8. The van der Waals surface area contributed by atoms with Gasteiger partial charge < -0.3 is 4.74 Å². The lowest BCUT2D eigenvalue weighted by atomic mass is 9.85. The number of carbonyl (C=O) groups excluding carboxylic acids is 3. The summed E-state index contributed by atoms with van der Waals surface area (Å²) < 4.78 is 5.22. The second-order valence-electron chi connectivity index (χ2n) is 6.71. The highest BCUT2D eigenvalue weighted by atomic mass is 16.5. The van der Waals surface area contributed by atoms with E-state index in [4.69, 9.17) is 4.74 Å². The maximum Gasteiger partial charge on any atom is 0.236 e. The van der Waals surface area contributed by atoms with Gasteiger partial charge >= 0.3 is 0 Å². The van der Waals surface area contributed by atoms with Crippen molar-refractivity contribution >= 4 is 17.7 Å². The van der Waals surface area contributed by atoms with Crippen molar-refractivity contribution in [2.75, 3.05) is 32.8 Å². The first-order valence-corrected chi connectivity index (χ1v) is 8.31. The summed E-state index contributed by atoms with van der Waals surface area (Å²) in [6.07, 6.45) is 5.23. The quantitative estimate of drug-likeness (QED) is 0.561. The van der Waals surface area contributed by atoms with Crippen molar-refractivity contribution in [3.05, 3.63) is 12.2 Å². The fourth-order valence-electron chi connectivity index (χ4n) is 4.31. The molecule has 3 fully saturated rings. The number of ether oxygens (including phenoxy) is 1. The molecule has 2 bridgehead atoms. The van der Waals surface area contributed by atoms with E-state index in [1.807, 2.05) is 5.01 Å². The number of allylic oxidation sites excluding steroid dienone is 2. The molecule has 1 N–H and O–H groups in total. The van der Waals surface area contributed by atoms with Gasteiger partial charge in [-0.25, -0.2) is 5.01 Å². The van der Waals surface area contributed by atoms with Crippen LogP contribution in [0.3, 0.4) is 0 Å². The fourth-order valence-corrected chi connectivity index (χ4v) is 4.31. The Bertz CT molecular complexity index is 540. The molecule has 0 radical (unpaired) electrons. The van der Waals surface area contributed by atoms with E-state index < -0.39 is 0 Å². The van der Waals surface area contributed by atoms with E-state index in [9.17, 15) is 14.4 Å². The number of hydrazine groups is 1. The van der Waals surface area contributed by atoms with E-state index in [2.05, 4.69) is 17.6 Å². The van der Waals surface area contributed by atoms with Crippen LogP contribution in [-0.4, -0.2) is 60.5 Å². The smallest absolute Gasteiger partial charge is 0.236 e. The SMILES string of the molecule is O=C(CCN1C(=O)[C@@H]2[C@H](C1=O)[C@H]1C=C[C@H]2C1)NN1CCOCC1. The normalized spacial score (nSPS) is 35.9. The highest BCUT2D eigenvalue weighted by Crippen LogP contribution is 2.52. The minimum atomic E-state index is -0.181. The average Bonchev–Trinajstić information content (AvgIpc) is 3.22. The van der Waals surface area contributed by atoms with Gasteiger partial charge in [-0.15, -0.1) is 0 Å². The van der Waals surface area contributed by atoms with Crippen molar-refractivity contribution in [1.82, 2.24) is 15.3 Å². The Kier molecular flexibility index (Phi) is 3.69. The summed E-state index contributed by atoms with van der Waals surface area (Å²) in [5, 5.41) is 1.82. The molecular formula is C16H21N3O4. The number of carbonyl (C=O) groups is 3. The van der Waals surface area contributed by atoms with Gasteiger partial charge in [-0.05, 0) is 18.3 Å². The molecule has 2 saturated heterocycles. The number of nitrogens with zero attached hydrogens (tertiary/aromatic N) is 2. The lowest BCUT2D eigenvalue weighted by Crippen LogP contribution is -2.49. The standard InChI is InChI=1S/C16H21N3O4/c20-12(17-18-5-7-23-8-6-18)3-4-19-15(21)13-10-1-2-11(9-10)14(13)16(19)22/h1-2,10-11,13-14H,3-9H2,(H,17,20)/t10-,11-,13-,14+/m0/s1. The summed E-state index contributed by atoms with van der Waals surface area (Å²) in [6, 6.07) is 0. The highest BCUT2D eigenvalue weighted by Gasteiger charge is 2.58. The number of amides is 3. The third-order valence-corrected chi connectivity index (χ3v) is 5.42. The fraction of sp³-hybridized carbons (Fsp3) is 0.688. The molecular weight excluding hydrogens is 298 g/mol. The van der Waals surface area contributed by atoms with Crippen molar-refractivity contribution in [1.29, 1.82) is 0 Å². The van der Waals surface area contributed by atoms with Crippen LogP contribution in [0.15, 0.2) is 12.2 Å². The number of fused-ring (bicyclic) bond motifs is 5. The van der Waals surface area contributed by atoms with Crippen molar-refractivity contribution < 1.29 is 19.1 Å². The van der Waals surface area contributed by atoms with Crippen LogP contribution in [0.2, 0.25) is 0 Å². The Morgan fingerprint density at radius 3 is 2.35 bits per heavy atom. The number of imide groups is 1. The Morgan fingerprint density at radius 1 is 1.13 bits per heavy atom. The average molecular weight is 319 g/mol. The van der Waals surface area contributed by atoms with Gasteiger partial charge in [0.15, 0.2) is 0 Å². The lowest BCUT2D eigenvalue weighted by Gasteiger charge is -2.27. The summed E-state index contributed by atoms with van der Waals surface area (Å²) >= 11 is 0. The second-order valence-corrected chi connectivity index (χ2v) is 6.71. The van der Waals surface area contributed by atoms with Crippen LogP contribution in [0.5, 0.6) is 0 Å². The third kappa shape index (κ3) is 2.48. The number of hydrogen-bond acceptors (Lipinski definition) is 5. The minimum absolute atomic E-state index is 0.0870. The van der Waals surface area contributed by atoms with Crippen LogP contribution in [-0.2, 0) is 19.1 Å². The van der Waals surface area contributed by atoms with Crippen LogP contribution in [0.4, 0.5) is 0 Å². The third-order valence-electron chi connectivity index (χ3n) is 5.42. The number of likely N-dealkylation sites (tertiary alicyclic amines) is 1. The Hall–Kier alpha value is -1.73. The molecule has 23 heavy (non-hydrogen) atoms. The molecule has 1 saturated carbocycles. The number of morpholine rings is 1. The number of hydrogen-bond donors (Lipinski definition) is 1. The molecule has 0 unspecified atom stereocenters. The zero-order valence-electron chi connectivity index (χ0n) is 12.9. The maximum atomic E-state index is 12.5. The van der Waals surface area contributed by atoms with Crippen LogP contribution in [0.25, 0.3) is 0 Å². The molecule has 124 valence electrons. The molecule has 0 spiro atoms. The monoisotopic (exact) mass is 319 g/mol. The van der Waals surface area contributed by atoms with E-state index in [1.165, 1.54) is 4.90 Å². The van der Waals surface area contributed by atoms with Gasteiger partial charge in [0, 0.05) is 26.1 Å². The molecule has 0 aromatic carbocycles. The van der Waals surface area contributed by atoms with Crippen LogP contribution >= 0.6 is 0 Å². The van der Waals surface area contributed by atoms with E-state index in [0.29, 0.717) is 26.3 Å². The van der Waals surface area contributed by atoms with Gasteiger partial charge in [0.1, 0.15) is 0 Å². The van der Waals surface area contributed by atoms with Crippen molar-refractivity contribution in [2.24, 2.45) is 23.7 Å². The Morgan fingerprint density at radius 2 is 1.74 bits per heavy atom. The zero-order chi connectivity index (χ0) is 16.0. The van der Waals surface area contributed by atoms with E-state index in [1.54, 1.807) is 0 Å². The molecule has 7 nitrogen and oxygen atoms in total. The van der Waals surface area contributed by atoms with Gasteiger partial charge in [-0.1, -0.05) is 12.2 Å². The molecule has 4 rings (SSSR count). The molecule has 4 atom stereocenters. The van der Waals surface area contributed by atoms with Crippen molar-refractivity contribution in [2.45, 2.75) is 12.8 Å². The van der Waals surface area contributed by atoms with Crippen molar-refractivity contribution in [3.63, 3.8) is 0 Å². The maximum absolute atomic E-state index is 12.5. The molecule has 2 heterocycles. The first-order valence-electron chi connectivity index (χ1n) is 8.31. The second kappa shape index (κ2) is 5.72. The van der Waals surface area contributed by atoms with Gasteiger partial charge in [0.2, 0.25) is 17.7 Å². The zero-order valence-corrected chi connectivity index (χ0v) is 12.9. The highest BCUT2D eigenvalue weighted by molar-refractivity contribution is 6.06. The number of rotatable bonds is 4. The predicted molar refractivity (Wildman–Crippen MR) is 79.6 cm³/mol. The van der Waals surface area contributed by atoms with Crippen LogP contribution in [0, 0.1) is 23.7 Å². The van der Waals surface area contributed by atoms with Gasteiger partial charge in [-0.3, -0.25) is 24.7 Å². The van der Waals surface area contributed by atoms with Crippen molar-refractivity contribution in [3.8, 4) is 0 Å². The summed E-state index contributed by atoms with van der Waals surface area (Å²) in [5.41, 5.74) is 2.81. The van der Waals surface area contributed by atoms with Gasteiger partial charge in [0.05, 0.1) is 25.0 Å². The molecule has 4 aliphatic rings. The topological polar surface area (TPSA) is 79.0 Å². The summed E-state index contributed by atoms with van der Waals surface area (Å²) in [5.74, 6) is -0.264. The van der Waals surface area contributed by atoms with E-state index >= 15 is 0 Å². The Balaban J connectivity index is 1.32. The molecule has 2 aliphatic carbocycles. The van der Waals surface area contributed by atoms with Gasteiger partial charge in [-0.2, -0.15) is 0 Å². The van der Waals surface area contributed by atoms with E-state index in [0.717, 1.165) is 6.42 Å². The van der Waals surface area contributed by atoms with Crippen LogP contribution < -0.4 is 5.43 Å². The van der Waals surface area contributed by atoms with Gasteiger partial charge in [0.25, 0.3) is 0 Å². The minimum Gasteiger partial charge on any atom is -0.379 e. The van der Waals surface area contributed by atoms with E-state index in [-0.39, 0.29) is 54.4 Å². The Labute approximate surface area is 134 Å². The largest absolute Gasteiger partial charge is 0.379 e. The molecule has 0 aromatic heterocycles. The molecule has 2 aliphatic heterocycles. The van der Waals surface area contributed by atoms with Crippen LogP contribution in [0.1, 0.15) is 12.8 Å². The molecule has 3 amide bonds. The summed E-state index contributed by atoms with van der Waals surface area (Å²) in [4.78, 5) is 38.3. The summed E-state index contributed by atoms with van der Waals surface area (Å²) in [7, 11) is 0. The number of nitrogens with one attached hydrogen (secondary N) is 1. The summed E-state index contributed by atoms with van der Waals surface area (Å²) in [6.45, 7) is 2.70.